The second kappa shape index (κ2) is 10.1. The SMILES string of the molecule is O=C(O)CCCCCNC(=O)COc1ccc(-c2ccccc2)cc1. The number of carbonyl (C=O) groups excluding carboxylic acids is 1. The summed E-state index contributed by atoms with van der Waals surface area (Å²) in [6.07, 6.45) is 2.37. The first-order valence-electron chi connectivity index (χ1n) is 8.42. The van der Waals surface area contributed by atoms with Gasteiger partial charge in [-0.15, -0.1) is 0 Å². The van der Waals surface area contributed by atoms with Gasteiger partial charge in [-0.2, -0.15) is 0 Å². The van der Waals surface area contributed by atoms with Gasteiger partial charge in [0.2, 0.25) is 0 Å². The van der Waals surface area contributed by atoms with Crippen LogP contribution in [0.5, 0.6) is 5.75 Å². The number of rotatable bonds is 10. The summed E-state index contributed by atoms with van der Waals surface area (Å²) in [6, 6.07) is 17.7. The summed E-state index contributed by atoms with van der Waals surface area (Å²) < 4.78 is 5.48. The van der Waals surface area contributed by atoms with Gasteiger partial charge in [-0.25, -0.2) is 0 Å². The Kier molecular flexibility index (Phi) is 7.50. The van der Waals surface area contributed by atoms with E-state index in [1.165, 1.54) is 0 Å². The zero-order valence-electron chi connectivity index (χ0n) is 14.1. The summed E-state index contributed by atoms with van der Waals surface area (Å²) in [7, 11) is 0. The molecule has 5 heteroatoms. The largest absolute Gasteiger partial charge is 0.484 e. The van der Waals surface area contributed by atoms with E-state index in [1.807, 2.05) is 54.6 Å². The van der Waals surface area contributed by atoms with E-state index in [4.69, 9.17) is 9.84 Å². The Hall–Kier alpha value is -2.82. The van der Waals surface area contributed by atoms with Crippen LogP contribution >= 0.6 is 0 Å². The third kappa shape index (κ3) is 7.08. The van der Waals surface area contributed by atoms with Gasteiger partial charge in [-0.05, 0) is 36.1 Å². The van der Waals surface area contributed by atoms with Gasteiger partial charge in [0.15, 0.2) is 6.61 Å². The Bertz CT molecular complexity index is 668. The molecule has 2 rings (SSSR count). The number of ether oxygens (including phenoxy) is 1. The first-order valence-corrected chi connectivity index (χ1v) is 8.42. The quantitative estimate of drug-likeness (QED) is 0.649. The molecule has 0 heterocycles. The molecule has 0 spiro atoms. The minimum Gasteiger partial charge on any atom is -0.484 e. The topological polar surface area (TPSA) is 75.6 Å². The van der Waals surface area contributed by atoms with Crippen LogP contribution in [-0.4, -0.2) is 30.1 Å². The highest BCUT2D eigenvalue weighted by atomic mass is 16.5. The Balaban J connectivity index is 1.65. The highest BCUT2D eigenvalue weighted by Gasteiger charge is 2.03. The second-order valence-corrected chi connectivity index (χ2v) is 5.73. The molecule has 0 saturated carbocycles. The van der Waals surface area contributed by atoms with Gasteiger partial charge in [0, 0.05) is 13.0 Å². The zero-order valence-corrected chi connectivity index (χ0v) is 14.1. The molecule has 0 atom stereocenters. The molecule has 0 bridgehead atoms. The lowest BCUT2D eigenvalue weighted by Crippen LogP contribution is -2.29. The number of nitrogens with one attached hydrogen (secondary N) is 1. The lowest BCUT2D eigenvalue weighted by molar-refractivity contribution is -0.137. The van der Waals surface area contributed by atoms with Crippen LogP contribution < -0.4 is 10.1 Å². The van der Waals surface area contributed by atoms with Gasteiger partial charge >= 0.3 is 5.97 Å². The number of amides is 1. The molecular formula is C20H23NO4. The van der Waals surface area contributed by atoms with Crippen molar-refractivity contribution in [3.63, 3.8) is 0 Å². The van der Waals surface area contributed by atoms with E-state index in [9.17, 15) is 9.59 Å². The van der Waals surface area contributed by atoms with Crippen molar-refractivity contribution in [2.75, 3.05) is 13.2 Å². The molecule has 0 aliphatic rings. The minimum absolute atomic E-state index is 0.0280. The number of carbonyl (C=O) groups is 2. The Morgan fingerprint density at radius 2 is 1.56 bits per heavy atom. The molecular weight excluding hydrogens is 318 g/mol. The van der Waals surface area contributed by atoms with Gasteiger partial charge in [0.25, 0.3) is 5.91 Å². The van der Waals surface area contributed by atoms with Crippen molar-refractivity contribution in [2.24, 2.45) is 0 Å². The third-order valence-electron chi connectivity index (χ3n) is 3.72. The molecule has 2 N–H and O–H groups in total. The third-order valence-corrected chi connectivity index (χ3v) is 3.72. The van der Waals surface area contributed by atoms with E-state index in [0.29, 0.717) is 18.7 Å². The number of carboxylic acids is 1. The summed E-state index contributed by atoms with van der Waals surface area (Å²) in [5.41, 5.74) is 2.23. The summed E-state index contributed by atoms with van der Waals surface area (Å²) in [4.78, 5) is 22.1. The normalized spacial score (nSPS) is 10.2. The average Bonchev–Trinajstić information content (AvgIpc) is 2.64. The number of hydrogen-bond donors (Lipinski definition) is 2. The molecule has 1 amide bonds. The van der Waals surface area contributed by atoms with Crippen LogP contribution in [-0.2, 0) is 9.59 Å². The highest BCUT2D eigenvalue weighted by molar-refractivity contribution is 5.77. The second-order valence-electron chi connectivity index (χ2n) is 5.73. The van der Waals surface area contributed by atoms with Crippen molar-refractivity contribution in [2.45, 2.75) is 25.7 Å². The molecule has 25 heavy (non-hydrogen) atoms. The molecule has 2 aromatic carbocycles. The predicted octanol–water partition coefficient (Wildman–Crippen LogP) is 3.49. The standard InChI is InChI=1S/C20H23NO4/c22-19(21-14-6-2-5-9-20(23)24)15-25-18-12-10-17(11-13-18)16-7-3-1-4-8-16/h1,3-4,7-8,10-13H,2,5-6,9,14-15H2,(H,21,22)(H,23,24). The molecule has 0 radical (unpaired) electrons. The van der Waals surface area contributed by atoms with E-state index in [2.05, 4.69) is 5.32 Å². The van der Waals surface area contributed by atoms with E-state index < -0.39 is 5.97 Å². The molecule has 0 aliphatic heterocycles. The fraction of sp³-hybridized carbons (Fsp3) is 0.300. The lowest BCUT2D eigenvalue weighted by Gasteiger charge is -2.08. The average molecular weight is 341 g/mol. The maximum Gasteiger partial charge on any atom is 0.303 e. The van der Waals surface area contributed by atoms with Crippen molar-refractivity contribution in [1.29, 1.82) is 0 Å². The molecule has 0 aromatic heterocycles. The fourth-order valence-electron chi connectivity index (χ4n) is 2.38. The summed E-state index contributed by atoms with van der Waals surface area (Å²) in [6.45, 7) is 0.508. The molecule has 0 aliphatic carbocycles. The van der Waals surface area contributed by atoms with Crippen LogP contribution in [0.2, 0.25) is 0 Å². The molecule has 0 fully saturated rings. The maximum atomic E-state index is 11.7. The van der Waals surface area contributed by atoms with E-state index in [0.717, 1.165) is 24.0 Å². The van der Waals surface area contributed by atoms with Gasteiger partial charge in [0.1, 0.15) is 5.75 Å². The smallest absolute Gasteiger partial charge is 0.303 e. The van der Waals surface area contributed by atoms with Crippen LogP contribution in [0.15, 0.2) is 54.6 Å². The summed E-state index contributed by atoms with van der Waals surface area (Å²) in [5, 5.41) is 11.3. The van der Waals surface area contributed by atoms with Crippen LogP contribution in [0.1, 0.15) is 25.7 Å². The predicted molar refractivity (Wildman–Crippen MR) is 96.5 cm³/mol. The molecule has 0 unspecified atom stereocenters. The highest BCUT2D eigenvalue weighted by Crippen LogP contribution is 2.21. The number of carboxylic acid groups (broad SMARTS) is 1. The maximum absolute atomic E-state index is 11.7. The first-order chi connectivity index (χ1) is 12.1. The van der Waals surface area contributed by atoms with Gasteiger partial charge in [0.05, 0.1) is 0 Å². The zero-order chi connectivity index (χ0) is 17.9. The molecule has 0 saturated heterocycles. The Morgan fingerprint density at radius 1 is 0.880 bits per heavy atom. The number of aliphatic carboxylic acids is 1. The lowest BCUT2D eigenvalue weighted by atomic mass is 10.1. The van der Waals surface area contributed by atoms with Crippen LogP contribution in [0.3, 0.4) is 0 Å². The number of hydrogen-bond acceptors (Lipinski definition) is 3. The van der Waals surface area contributed by atoms with Gasteiger partial charge in [-0.3, -0.25) is 9.59 Å². The number of unbranched alkanes of at least 4 members (excludes halogenated alkanes) is 2. The van der Waals surface area contributed by atoms with Crippen LogP contribution in [0.25, 0.3) is 11.1 Å². The summed E-state index contributed by atoms with van der Waals surface area (Å²) >= 11 is 0. The minimum atomic E-state index is -0.782. The van der Waals surface area contributed by atoms with Crippen molar-refractivity contribution < 1.29 is 19.4 Å². The Morgan fingerprint density at radius 3 is 2.24 bits per heavy atom. The van der Waals surface area contributed by atoms with E-state index in [-0.39, 0.29) is 18.9 Å². The molecule has 5 nitrogen and oxygen atoms in total. The fourth-order valence-corrected chi connectivity index (χ4v) is 2.38. The van der Waals surface area contributed by atoms with Crippen molar-refractivity contribution >= 4 is 11.9 Å². The Labute approximate surface area is 147 Å². The van der Waals surface area contributed by atoms with Crippen LogP contribution in [0.4, 0.5) is 0 Å². The van der Waals surface area contributed by atoms with Gasteiger partial charge < -0.3 is 15.2 Å². The molecule has 132 valence electrons. The van der Waals surface area contributed by atoms with Crippen molar-refractivity contribution in [3.8, 4) is 16.9 Å². The monoisotopic (exact) mass is 341 g/mol. The van der Waals surface area contributed by atoms with Crippen molar-refractivity contribution in [3.05, 3.63) is 54.6 Å². The van der Waals surface area contributed by atoms with Crippen LogP contribution in [0, 0.1) is 0 Å². The first kappa shape index (κ1) is 18.5. The van der Waals surface area contributed by atoms with Gasteiger partial charge in [-0.1, -0.05) is 48.9 Å². The van der Waals surface area contributed by atoms with E-state index >= 15 is 0 Å². The molecule has 2 aromatic rings. The van der Waals surface area contributed by atoms with Crippen molar-refractivity contribution in [1.82, 2.24) is 5.32 Å². The van der Waals surface area contributed by atoms with E-state index in [1.54, 1.807) is 0 Å². The number of benzene rings is 2. The summed E-state index contributed by atoms with van der Waals surface area (Å²) in [5.74, 6) is -0.308.